The van der Waals surface area contributed by atoms with Gasteiger partial charge in [-0.15, -0.1) is 0 Å². The van der Waals surface area contributed by atoms with Crippen molar-refractivity contribution in [2.45, 2.75) is 63.2 Å². The van der Waals surface area contributed by atoms with E-state index in [2.05, 4.69) is 9.97 Å². The maximum absolute atomic E-state index is 13.5. The number of hydrogen-bond donors (Lipinski definition) is 1. The van der Waals surface area contributed by atoms with Crippen molar-refractivity contribution in [2.75, 3.05) is 11.4 Å². The molecule has 0 bridgehead atoms. The van der Waals surface area contributed by atoms with Crippen molar-refractivity contribution in [1.29, 1.82) is 5.26 Å². The van der Waals surface area contributed by atoms with Gasteiger partial charge in [0.1, 0.15) is 0 Å². The van der Waals surface area contributed by atoms with Gasteiger partial charge in [0.15, 0.2) is 0 Å². The van der Waals surface area contributed by atoms with Crippen molar-refractivity contribution < 1.29 is 21.6 Å². The highest BCUT2D eigenvalue weighted by molar-refractivity contribution is 7.89. The van der Waals surface area contributed by atoms with Gasteiger partial charge < -0.3 is 9.88 Å². The van der Waals surface area contributed by atoms with Crippen molar-refractivity contribution in [3.63, 3.8) is 0 Å². The van der Waals surface area contributed by atoms with Gasteiger partial charge in [0.2, 0.25) is 0 Å². The Morgan fingerprint density at radius 2 is 1.97 bits per heavy atom. The minimum absolute atomic E-state index is 0.168. The molecule has 7 nitrogen and oxygen atoms in total. The third-order valence-corrected chi connectivity index (χ3v) is 8.22. The molecule has 33 heavy (non-hydrogen) atoms. The average Bonchev–Trinajstić information content (AvgIpc) is 3.45. The van der Waals surface area contributed by atoms with E-state index in [1.807, 2.05) is 11.0 Å². The van der Waals surface area contributed by atoms with Crippen molar-refractivity contribution in [2.24, 2.45) is 5.92 Å². The highest BCUT2D eigenvalue weighted by Crippen LogP contribution is 2.38. The van der Waals surface area contributed by atoms with E-state index in [-0.39, 0.29) is 17.7 Å². The Balaban J connectivity index is 1.78. The Labute approximate surface area is 191 Å². The quantitative estimate of drug-likeness (QED) is 0.664. The number of aromatic amines is 1. The van der Waals surface area contributed by atoms with Crippen LogP contribution in [0.2, 0.25) is 0 Å². The zero-order valence-electron chi connectivity index (χ0n) is 18.1. The fraction of sp³-hybridized carbons (Fsp3) is 0.545. The number of aromatic nitrogens is 2. The number of sulfonamides is 1. The van der Waals surface area contributed by atoms with Crippen LogP contribution in [0.25, 0.3) is 0 Å². The predicted molar refractivity (Wildman–Crippen MR) is 116 cm³/mol. The molecular formula is C22H26F3N5O2S. The lowest BCUT2D eigenvalue weighted by atomic mass is 9.97. The van der Waals surface area contributed by atoms with Gasteiger partial charge in [-0.3, -0.25) is 0 Å². The van der Waals surface area contributed by atoms with Gasteiger partial charge in [-0.25, -0.2) is 13.4 Å². The number of alkyl halides is 3. The summed E-state index contributed by atoms with van der Waals surface area (Å²) in [4.78, 5) is 8.98. The minimum Gasteiger partial charge on any atom is -0.361 e. The summed E-state index contributed by atoms with van der Waals surface area (Å²) in [5.74, 6) is 0.500. The van der Waals surface area contributed by atoms with E-state index in [1.165, 1.54) is 12.4 Å². The molecule has 2 aliphatic rings. The van der Waals surface area contributed by atoms with Crippen molar-refractivity contribution in [3.8, 4) is 6.07 Å². The Bertz CT molecular complexity index is 1110. The smallest absolute Gasteiger partial charge is 0.361 e. The molecule has 1 fully saturated rings. The van der Waals surface area contributed by atoms with E-state index in [1.54, 1.807) is 18.3 Å². The number of hydrogen-bond acceptors (Lipinski definition) is 5. The molecular weight excluding hydrogens is 455 g/mol. The summed E-state index contributed by atoms with van der Waals surface area (Å²) in [5, 5.41) is 9.62. The van der Waals surface area contributed by atoms with Gasteiger partial charge in [0.25, 0.3) is 0 Å². The summed E-state index contributed by atoms with van der Waals surface area (Å²) >= 11 is 0. The van der Waals surface area contributed by atoms with Crippen LogP contribution in [0.1, 0.15) is 55.3 Å². The molecule has 1 unspecified atom stereocenters. The van der Waals surface area contributed by atoms with Crippen LogP contribution in [0.3, 0.4) is 0 Å². The van der Waals surface area contributed by atoms with Crippen molar-refractivity contribution in [3.05, 3.63) is 47.5 Å². The first kappa shape index (κ1) is 23.6. The zero-order chi connectivity index (χ0) is 23.6. The van der Waals surface area contributed by atoms with Crippen LogP contribution in [0, 0.1) is 17.2 Å². The molecule has 2 aromatic rings. The molecule has 1 aromatic heterocycles. The van der Waals surface area contributed by atoms with Crippen molar-refractivity contribution in [1.82, 2.24) is 14.3 Å². The zero-order valence-corrected chi connectivity index (χ0v) is 18.9. The molecule has 0 saturated heterocycles. The third kappa shape index (κ3) is 4.87. The molecule has 4 rings (SSSR count). The summed E-state index contributed by atoms with van der Waals surface area (Å²) in [7, 11) is -5.57. The molecule has 1 aromatic carbocycles. The van der Waals surface area contributed by atoms with Gasteiger partial charge in [-0.05, 0) is 30.9 Å². The topological polar surface area (TPSA) is 93.1 Å². The number of nitrogens with zero attached hydrogens (tertiary/aromatic N) is 4. The monoisotopic (exact) mass is 481 g/mol. The first-order valence-corrected chi connectivity index (χ1v) is 12.5. The lowest BCUT2D eigenvalue weighted by Crippen LogP contribution is -2.47. The van der Waals surface area contributed by atoms with Crippen LogP contribution in [-0.2, 0) is 23.1 Å². The van der Waals surface area contributed by atoms with Gasteiger partial charge in [0.05, 0.1) is 30.2 Å². The Hall–Kier alpha value is -2.58. The molecule has 0 amide bonds. The number of fused-ring (bicyclic) bond motifs is 1. The summed E-state index contributed by atoms with van der Waals surface area (Å²) in [6.45, 7) is -0.486. The molecule has 1 aliphatic carbocycles. The normalized spacial score (nSPS) is 20.4. The second kappa shape index (κ2) is 9.35. The fourth-order valence-corrected chi connectivity index (χ4v) is 5.92. The van der Waals surface area contributed by atoms with Gasteiger partial charge >= 0.3 is 15.5 Å². The average molecular weight is 482 g/mol. The van der Waals surface area contributed by atoms with Gasteiger partial charge in [-0.2, -0.15) is 22.7 Å². The van der Waals surface area contributed by atoms with Crippen LogP contribution >= 0.6 is 0 Å². The highest BCUT2D eigenvalue weighted by Gasteiger charge is 2.51. The molecule has 0 spiro atoms. The van der Waals surface area contributed by atoms with E-state index >= 15 is 0 Å². The molecule has 178 valence electrons. The third-order valence-electron chi connectivity index (χ3n) is 6.68. The number of nitrogens with one attached hydrogen (secondary N) is 1. The molecule has 1 saturated carbocycles. The lowest BCUT2D eigenvalue weighted by molar-refractivity contribution is -0.0492. The highest BCUT2D eigenvalue weighted by atomic mass is 32.2. The Morgan fingerprint density at radius 1 is 1.21 bits per heavy atom. The van der Waals surface area contributed by atoms with Crippen LogP contribution in [0.15, 0.2) is 30.7 Å². The second-order valence-corrected chi connectivity index (χ2v) is 10.7. The number of H-pyrrole nitrogens is 1. The van der Waals surface area contributed by atoms with Gasteiger partial charge in [0, 0.05) is 36.6 Å². The largest absolute Gasteiger partial charge is 0.511 e. The van der Waals surface area contributed by atoms with E-state index in [9.17, 15) is 26.9 Å². The SMILES string of the molecule is N#Cc1cccc2c1CN(S(=O)(=O)C(F)(F)F)CC(CCC1CCCC1)N2Cc1cnc[nH]1. The summed E-state index contributed by atoms with van der Waals surface area (Å²) < 4.78 is 66.1. The summed E-state index contributed by atoms with van der Waals surface area (Å²) in [5.41, 5.74) is -3.62. The number of imidazole rings is 1. The Kier molecular flexibility index (Phi) is 6.68. The number of anilines is 1. The van der Waals surface area contributed by atoms with Crippen molar-refractivity contribution >= 4 is 15.7 Å². The summed E-state index contributed by atoms with van der Waals surface area (Å²) in [6.07, 6.45) is 9.01. The van der Waals surface area contributed by atoms with Crippen LogP contribution in [-0.4, -0.2) is 40.8 Å². The maximum Gasteiger partial charge on any atom is 0.511 e. The molecule has 1 aliphatic heterocycles. The molecule has 2 heterocycles. The summed E-state index contributed by atoms with van der Waals surface area (Å²) in [6, 6.07) is 6.46. The first-order valence-electron chi connectivity index (χ1n) is 11.0. The second-order valence-electron chi connectivity index (χ2n) is 8.74. The lowest BCUT2D eigenvalue weighted by Gasteiger charge is -2.34. The van der Waals surface area contributed by atoms with Crippen LogP contribution in [0.4, 0.5) is 18.9 Å². The van der Waals surface area contributed by atoms with Crippen LogP contribution < -0.4 is 4.90 Å². The van der Waals surface area contributed by atoms with E-state index in [0.29, 0.717) is 28.9 Å². The number of nitriles is 1. The first-order chi connectivity index (χ1) is 15.7. The minimum atomic E-state index is -5.57. The predicted octanol–water partition coefficient (Wildman–Crippen LogP) is 4.29. The van der Waals surface area contributed by atoms with Gasteiger partial charge in [-0.1, -0.05) is 31.7 Å². The fourth-order valence-electron chi connectivity index (χ4n) is 4.96. The molecule has 1 N–H and O–H groups in total. The Morgan fingerprint density at radius 3 is 2.61 bits per heavy atom. The number of benzene rings is 1. The van der Waals surface area contributed by atoms with Crippen LogP contribution in [0.5, 0.6) is 0 Å². The standard InChI is InChI=1S/C22H26F3N5O2S/c23-22(24,25)33(31,32)29-13-19(9-8-16-4-1-2-5-16)30(12-18-11-27-15-28-18)21-7-3-6-17(10-26)20(21)14-29/h3,6-7,11,15-16,19H,1-2,4-5,8-9,12-14H2,(H,27,28). The molecule has 11 heteroatoms. The van der Waals surface area contributed by atoms with E-state index in [0.717, 1.165) is 37.8 Å². The number of rotatable bonds is 6. The maximum atomic E-state index is 13.5. The van der Waals surface area contributed by atoms with E-state index < -0.39 is 28.1 Å². The van der Waals surface area contributed by atoms with E-state index in [4.69, 9.17) is 0 Å². The molecule has 1 atom stereocenters. The molecule has 0 radical (unpaired) electrons. The number of halogens is 3.